The highest BCUT2D eigenvalue weighted by molar-refractivity contribution is 6.00. The van der Waals surface area contributed by atoms with Crippen LogP contribution in [0.2, 0.25) is 0 Å². The molecule has 6 heteroatoms. The Labute approximate surface area is 130 Å². The van der Waals surface area contributed by atoms with Crippen molar-refractivity contribution in [3.05, 3.63) is 23.8 Å². The summed E-state index contributed by atoms with van der Waals surface area (Å²) in [6.45, 7) is 7.05. The average Bonchev–Trinajstić information content (AvgIpc) is 2.55. The van der Waals surface area contributed by atoms with E-state index in [1.165, 1.54) is 0 Å². The van der Waals surface area contributed by atoms with Gasteiger partial charge in [-0.3, -0.25) is 14.5 Å². The van der Waals surface area contributed by atoms with Crippen molar-refractivity contribution in [2.24, 2.45) is 0 Å². The fourth-order valence-corrected chi connectivity index (χ4v) is 2.63. The summed E-state index contributed by atoms with van der Waals surface area (Å²) >= 11 is 0. The predicted octanol–water partition coefficient (Wildman–Crippen LogP) is 1.01. The van der Waals surface area contributed by atoms with Gasteiger partial charge in [0.15, 0.2) is 5.78 Å². The van der Waals surface area contributed by atoms with Crippen molar-refractivity contribution < 1.29 is 14.3 Å². The first-order chi connectivity index (χ1) is 10.6. The quantitative estimate of drug-likeness (QED) is 0.482. The molecule has 1 heterocycles. The van der Waals surface area contributed by atoms with E-state index in [1.807, 2.05) is 13.8 Å². The van der Waals surface area contributed by atoms with Crippen molar-refractivity contribution in [1.82, 2.24) is 9.80 Å². The third-order valence-electron chi connectivity index (χ3n) is 4.02. The van der Waals surface area contributed by atoms with Crippen molar-refractivity contribution in [3.63, 3.8) is 0 Å². The van der Waals surface area contributed by atoms with Crippen molar-refractivity contribution in [2.75, 3.05) is 38.5 Å². The minimum absolute atomic E-state index is 0.0364. The Balaban J connectivity index is 2.04. The molecule has 0 radical (unpaired) electrons. The molecule has 1 unspecified atom stereocenters. The minimum Gasteiger partial charge on any atom is -0.492 e. The van der Waals surface area contributed by atoms with Gasteiger partial charge in [0, 0.05) is 31.7 Å². The maximum atomic E-state index is 12.6. The van der Waals surface area contributed by atoms with Gasteiger partial charge < -0.3 is 15.4 Å². The second kappa shape index (κ2) is 7.26. The summed E-state index contributed by atoms with van der Waals surface area (Å²) in [6.07, 6.45) is 0.858. The molecule has 1 aromatic rings. The molecule has 0 aromatic heterocycles. The van der Waals surface area contributed by atoms with E-state index in [0.717, 1.165) is 6.41 Å². The molecular formula is C16H23N3O3. The number of hydrogen-bond donors (Lipinski definition) is 1. The third kappa shape index (κ3) is 3.57. The molecule has 6 nitrogen and oxygen atoms in total. The first kappa shape index (κ1) is 16.3. The van der Waals surface area contributed by atoms with Crippen LogP contribution in [0.1, 0.15) is 24.2 Å². The number of anilines is 1. The second-order valence-electron chi connectivity index (χ2n) is 5.40. The Kier molecular flexibility index (Phi) is 5.38. The number of benzene rings is 1. The van der Waals surface area contributed by atoms with Gasteiger partial charge in [0.2, 0.25) is 6.41 Å². The van der Waals surface area contributed by atoms with Gasteiger partial charge in [-0.15, -0.1) is 0 Å². The summed E-state index contributed by atoms with van der Waals surface area (Å²) in [5.74, 6) is 0.639. The number of ether oxygens (including phenoxy) is 1. The molecule has 0 bridgehead atoms. The zero-order valence-electron chi connectivity index (χ0n) is 13.1. The summed E-state index contributed by atoms with van der Waals surface area (Å²) in [5.41, 5.74) is 6.99. The van der Waals surface area contributed by atoms with Gasteiger partial charge in [-0.1, -0.05) is 0 Å². The molecule has 22 heavy (non-hydrogen) atoms. The fourth-order valence-electron chi connectivity index (χ4n) is 2.63. The number of Topliss-reactive ketones (excluding diaryl/α,β-unsaturated/α-hetero) is 1. The van der Waals surface area contributed by atoms with Gasteiger partial charge >= 0.3 is 0 Å². The summed E-state index contributed by atoms with van der Waals surface area (Å²) in [4.78, 5) is 27.1. The number of piperazine rings is 1. The molecule has 120 valence electrons. The highest BCUT2D eigenvalue weighted by atomic mass is 16.5. The smallest absolute Gasteiger partial charge is 0.209 e. The number of carbonyl (C=O) groups is 2. The minimum atomic E-state index is -0.230. The molecule has 0 spiro atoms. The maximum absolute atomic E-state index is 12.6. The SMILES string of the molecule is CCOc1ccc(C(=O)C(C)N2CCN(C=O)CC2)cc1N. The molecule has 0 saturated carbocycles. The van der Waals surface area contributed by atoms with E-state index in [-0.39, 0.29) is 11.8 Å². The van der Waals surface area contributed by atoms with E-state index >= 15 is 0 Å². The Hall–Kier alpha value is -2.08. The number of nitrogens with zero attached hydrogens (tertiary/aromatic N) is 2. The summed E-state index contributed by atoms with van der Waals surface area (Å²) < 4.78 is 5.39. The molecule has 1 fully saturated rings. The lowest BCUT2D eigenvalue weighted by Gasteiger charge is -2.35. The van der Waals surface area contributed by atoms with E-state index < -0.39 is 0 Å². The molecule has 2 rings (SSSR count). The van der Waals surface area contributed by atoms with Crippen LogP contribution < -0.4 is 10.5 Å². The normalized spacial score (nSPS) is 17.1. The van der Waals surface area contributed by atoms with E-state index in [1.54, 1.807) is 23.1 Å². The molecule has 1 amide bonds. The van der Waals surface area contributed by atoms with Crippen LogP contribution in [-0.4, -0.2) is 60.8 Å². The highest BCUT2D eigenvalue weighted by Crippen LogP contribution is 2.24. The van der Waals surface area contributed by atoms with Crippen LogP contribution in [-0.2, 0) is 4.79 Å². The van der Waals surface area contributed by atoms with Crippen molar-refractivity contribution in [3.8, 4) is 5.75 Å². The first-order valence-corrected chi connectivity index (χ1v) is 7.56. The molecule has 1 saturated heterocycles. The molecular weight excluding hydrogens is 282 g/mol. The van der Waals surface area contributed by atoms with Gasteiger partial charge in [-0.2, -0.15) is 0 Å². The van der Waals surface area contributed by atoms with Crippen molar-refractivity contribution in [1.29, 1.82) is 0 Å². The molecule has 1 aliphatic heterocycles. The summed E-state index contributed by atoms with van der Waals surface area (Å²) in [5, 5.41) is 0. The third-order valence-corrected chi connectivity index (χ3v) is 4.02. The van der Waals surface area contributed by atoms with Crippen LogP contribution in [0.4, 0.5) is 5.69 Å². The molecule has 1 aromatic carbocycles. The number of amides is 1. The summed E-state index contributed by atoms with van der Waals surface area (Å²) in [7, 11) is 0. The zero-order chi connectivity index (χ0) is 16.1. The average molecular weight is 305 g/mol. The van der Waals surface area contributed by atoms with Gasteiger partial charge in [0.25, 0.3) is 0 Å². The number of nitrogens with two attached hydrogens (primary N) is 1. The van der Waals surface area contributed by atoms with Crippen LogP contribution in [0.5, 0.6) is 5.75 Å². The molecule has 1 atom stereocenters. The van der Waals surface area contributed by atoms with Crippen LogP contribution in [0.3, 0.4) is 0 Å². The van der Waals surface area contributed by atoms with Crippen LogP contribution in [0, 0.1) is 0 Å². The van der Waals surface area contributed by atoms with Gasteiger partial charge in [-0.25, -0.2) is 0 Å². The van der Waals surface area contributed by atoms with Crippen molar-refractivity contribution in [2.45, 2.75) is 19.9 Å². The van der Waals surface area contributed by atoms with Gasteiger partial charge in [0.1, 0.15) is 5.75 Å². The fraction of sp³-hybridized carbons (Fsp3) is 0.500. The predicted molar refractivity (Wildman–Crippen MR) is 85.0 cm³/mol. The lowest BCUT2D eigenvalue weighted by molar-refractivity contribution is -0.119. The van der Waals surface area contributed by atoms with Gasteiger partial charge in [0.05, 0.1) is 18.3 Å². The number of nitrogen functional groups attached to an aromatic ring is 1. The monoisotopic (exact) mass is 305 g/mol. The van der Waals surface area contributed by atoms with Gasteiger partial charge in [-0.05, 0) is 32.0 Å². The van der Waals surface area contributed by atoms with Crippen molar-refractivity contribution >= 4 is 17.9 Å². The molecule has 1 aliphatic rings. The number of hydrogen-bond acceptors (Lipinski definition) is 5. The number of carbonyl (C=O) groups excluding carboxylic acids is 2. The lowest BCUT2D eigenvalue weighted by Crippen LogP contribution is -2.51. The van der Waals surface area contributed by atoms with Crippen LogP contribution >= 0.6 is 0 Å². The van der Waals surface area contributed by atoms with E-state index in [4.69, 9.17) is 10.5 Å². The highest BCUT2D eigenvalue weighted by Gasteiger charge is 2.26. The largest absolute Gasteiger partial charge is 0.492 e. The standard InChI is InChI=1S/C16H23N3O3/c1-3-22-15-5-4-13(10-14(15)17)16(21)12(2)19-8-6-18(11-20)7-9-19/h4-5,10-12H,3,6-9,17H2,1-2H3. The maximum Gasteiger partial charge on any atom is 0.209 e. The van der Waals surface area contributed by atoms with Crippen LogP contribution in [0.15, 0.2) is 18.2 Å². The Morgan fingerprint density at radius 1 is 1.36 bits per heavy atom. The van der Waals surface area contributed by atoms with E-state index in [9.17, 15) is 9.59 Å². The second-order valence-corrected chi connectivity index (χ2v) is 5.40. The van der Waals surface area contributed by atoms with Crippen LogP contribution in [0.25, 0.3) is 0 Å². The number of rotatable bonds is 6. The summed E-state index contributed by atoms with van der Waals surface area (Å²) in [6, 6.07) is 4.93. The lowest BCUT2D eigenvalue weighted by atomic mass is 10.0. The topological polar surface area (TPSA) is 75.9 Å². The first-order valence-electron chi connectivity index (χ1n) is 7.56. The molecule has 0 aliphatic carbocycles. The van der Waals surface area contributed by atoms with E-state index in [0.29, 0.717) is 49.8 Å². The Morgan fingerprint density at radius 2 is 2.05 bits per heavy atom. The Bertz CT molecular complexity index is 539. The van der Waals surface area contributed by atoms with E-state index in [2.05, 4.69) is 4.90 Å². The zero-order valence-corrected chi connectivity index (χ0v) is 13.1. The Morgan fingerprint density at radius 3 is 2.59 bits per heavy atom. The molecule has 2 N–H and O–H groups in total. The number of ketones is 1.